The molecule has 0 unspecified atom stereocenters. The number of hydrogen-bond donors (Lipinski definition) is 3. The number of hydrogen-bond acceptors (Lipinski definition) is 5. The minimum atomic E-state index is -1.09. The van der Waals surface area contributed by atoms with Crippen molar-refractivity contribution in [3.63, 3.8) is 0 Å². The summed E-state index contributed by atoms with van der Waals surface area (Å²) in [6.45, 7) is 0.487. The summed E-state index contributed by atoms with van der Waals surface area (Å²) < 4.78 is 1.85. The number of carbonyl (C=O) groups excluding carboxylic acids is 1. The second kappa shape index (κ2) is 7.54. The number of aryl methyl sites for hydroxylation is 1. The number of carboxylic acids is 1. The fraction of sp³-hybridized carbons (Fsp3) is 0.429. The van der Waals surface area contributed by atoms with Crippen LogP contribution < -0.4 is 11.1 Å². The number of aliphatic carboxylic acids is 1. The van der Waals surface area contributed by atoms with Gasteiger partial charge in [0.2, 0.25) is 0 Å². The molecule has 2 aromatic rings. The maximum atomic E-state index is 12.1. The van der Waals surface area contributed by atoms with Gasteiger partial charge in [-0.15, -0.1) is 5.10 Å². The Kier molecular flexibility index (Phi) is 5.47. The lowest BCUT2D eigenvalue weighted by atomic mass is 10.1. The van der Waals surface area contributed by atoms with Crippen LogP contribution in [0.1, 0.15) is 19.3 Å². The Morgan fingerprint density at radius 3 is 2.83 bits per heavy atom. The second-order valence-electron chi connectivity index (χ2n) is 5.15. The van der Waals surface area contributed by atoms with Crippen molar-refractivity contribution in [3.8, 4) is 11.4 Å². The van der Waals surface area contributed by atoms with Crippen molar-refractivity contribution in [3.05, 3.63) is 24.5 Å². The third-order valence-electron chi connectivity index (χ3n) is 3.42. The zero-order valence-corrected chi connectivity index (χ0v) is 12.8. The van der Waals surface area contributed by atoms with E-state index in [1.807, 2.05) is 29.9 Å². The Balaban J connectivity index is 2.03. The predicted octanol–water partition coefficient (Wildman–Crippen LogP) is 0.424. The summed E-state index contributed by atoms with van der Waals surface area (Å²) >= 11 is 0. The molecular weight excluding hydrogens is 300 g/mol. The molecule has 2 heterocycles. The van der Waals surface area contributed by atoms with Crippen LogP contribution in [-0.4, -0.2) is 49.3 Å². The Morgan fingerprint density at radius 1 is 1.43 bits per heavy atom. The van der Waals surface area contributed by atoms with Gasteiger partial charge < -0.3 is 20.7 Å². The number of rotatable bonds is 7. The Labute approximate surface area is 133 Å². The minimum absolute atomic E-state index is 0.310. The molecule has 9 nitrogen and oxygen atoms in total. The third-order valence-corrected chi connectivity index (χ3v) is 3.42. The number of nitrogens with two attached hydrogens (primary N) is 1. The Hall–Kier alpha value is -2.68. The first-order valence-electron chi connectivity index (χ1n) is 7.30. The molecule has 0 aliphatic carbocycles. The molecule has 1 amide bonds. The molecule has 9 heteroatoms. The van der Waals surface area contributed by atoms with Crippen LogP contribution in [0.5, 0.6) is 0 Å². The molecular formula is C14H20N6O3. The first-order chi connectivity index (χ1) is 11.0. The van der Waals surface area contributed by atoms with Crippen LogP contribution in [0, 0.1) is 0 Å². The average Bonchev–Trinajstić information content (AvgIpc) is 3.14. The van der Waals surface area contributed by atoms with Crippen LogP contribution >= 0.6 is 0 Å². The molecule has 0 aliphatic rings. The standard InChI is InChI=1S/C14H20N6O3/c1-19-8-4-6-12(19)11-9-16-20(18-11)14(23)17-10(13(21)22)5-2-3-7-15/h4,6,8-10H,2-3,5,7,15H2,1H3,(H,17,23)(H,21,22)/t10-/m0/s1. The van der Waals surface area contributed by atoms with Gasteiger partial charge in [-0.3, -0.25) is 0 Å². The molecule has 1 atom stereocenters. The van der Waals surface area contributed by atoms with Crippen molar-refractivity contribution in [1.82, 2.24) is 24.9 Å². The number of amides is 1. The van der Waals surface area contributed by atoms with E-state index < -0.39 is 18.0 Å². The van der Waals surface area contributed by atoms with Crippen molar-refractivity contribution in [2.45, 2.75) is 25.3 Å². The summed E-state index contributed by atoms with van der Waals surface area (Å²) in [7, 11) is 1.85. The molecule has 0 saturated carbocycles. The maximum Gasteiger partial charge on any atom is 0.360 e. The molecule has 0 radical (unpaired) electrons. The monoisotopic (exact) mass is 320 g/mol. The van der Waals surface area contributed by atoms with Gasteiger partial charge in [0.1, 0.15) is 11.7 Å². The van der Waals surface area contributed by atoms with Gasteiger partial charge in [-0.25, -0.2) is 9.59 Å². The van der Waals surface area contributed by atoms with E-state index in [0.29, 0.717) is 31.5 Å². The van der Waals surface area contributed by atoms with Gasteiger partial charge >= 0.3 is 12.0 Å². The zero-order valence-electron chi connectivity index (χ0n) is 12.8. The van der Waals surface area contributed by atoms with E-state index in [-0.39, 0.29) is 0 Å². The summed E-state index contributed by atoms with van der Waals surface area (Å²) in [4.78, 5) is 24.2. The van der Waals surface area contributed by atoms with Crippen LogP contribution in [-0.2, 0) is 11.8 Å². The SMILES string of the molecule is Cn1cccc1-c1cnn(C(=O)N[C@@H](CCCCN)C(=O)O)n1. The largest absolute Gasteiger partial charge is 0.480 e. The molecule has 0 bridgehead atoms. The van der Waals surface area contributed by atoms with Crippen LogP contribution in [0.2, 0.25) is 0 Å². The van der Waals surface area contributed by atoms with Gasteiger partial charge in [0.15, 0.2) is 0 Å². The van der Waals surface area contributed by atoms with E-state index in [9.17, 15) is 9.59 Å². The lowest BCUT2D eigenvalue weighted by molar-refractivity contribution is -0.139. The van der Waals surface area contributed by atoms with Gasteiger partial charge in [0, 0.05) is 13.2 Å². The summed E-state index contributed by atoms with van der Waals surface area (Å²) in [6, 6.07) is 2.04. The van der Waals surface area contributed by atoms with Gasteiger partial charge in [-0.2, -0.15) is 5.10 Å². The molecule has 2 aromatic heterocycles. The van der Waals surface area contributed by atoms with E-state index in [1.165, 1.54) is 6.20 Å². The van der Waals surface area contributed by atoms with Crippen molar-refractivity contribution in [2.24, 2.45) is 12.8 Å². The van der Waals surface area contributed by atoms with Gasteiger partial charge in [0.05, 0.1) is 11.9 Å². The molecule has 0 saturated heterocycles. The topological polar surface area (TPSA) is 128 Å². The molecule has 2 rings (SSSR count). The summed E-state index contributed by atoms with van der Waals surface area (Å²) in [5.41, 5.74) is 6.72. The highest BCUT2D eigenvalue weighted by Crippen LogP contribution is 2.15. The maximum absolute atomic E-state index is 12.1. The number of carbonyl (C=O) groups is 2. The van der Waals surface area contributed by atoms with Crippen LogP contribution in [0.4, 0.5) is 4.79 Å². The van der Waals surface area contributed by atoms with Crippen LogP contribution in [0.3, 0.4) is 0 Å². The summed E-state index contributed by atoms with van der Waals surface area (Å²) in [6.07, 6.45) is 4.95. The van der Waals surface area contributed by atoms with Crippen molar-refractivity contribution >= 4 is 12.0 Å². The number of nitrogens with one attached hydrogen (secondary N) is 1. The molecule has 0 spiro atoms. The van der Waals surface area contributed by atoms with E-state index >= 15 is 0 Å². The first-order valence-corrected chi connectivity index (χ1v) is 7.30. The van der Waals surface area contributed by atoms with Crippen molar-refractivity contribution < 1.29 is 14.7 Å². The lowest BCUT2D eigenvalue weighted by Gasteiger charge is -2.13. The number of carboxylic acid groups (broad SMARTS) is 1. The highest BCUT2D eigenvalue weighted by molar-refractivity contribution is 5.83. The van der Waals surface area contributed by atoms with Crippen molar-refractivity contribution in [1.29, 1.82) is 0 Å². The average molecular weight is 320 g/mol. The smallest absolute Gasteiger partial charge is 0.360 e. The highest BCUT2D eigenvalue weighted by Gasteiger charge is 2.21. The normalized spacial score (nSPS) is 12.1. The fourth-order valence-electron chi connectivity index (χ4n) is 2.16. The van der Waals surface area contributed by atoms with E-state index in [4.69, 9.17) is 10.8 Å². The van der Waals surface area contributed by atoms with Gasteiger partial charge in [0.25, 0.3) is 0 Å². The molecule has 4 N–H and O–H groups in total. The minimum Gasteiger partial charge on any atom is -0.480 e. The molecule has 0 fully saturated rings. The summed E-state index contributed by atoms with van der Waals surface area (Å²) in [5.74, 6) is -1.09. The Bertz CT molecular complexity index is 678. The zero-order chi connectivity index (χ0) is 16.8. The second-order valence-corrected chi connectivity index (χ2v) is 5.15. The van der Waals surface area contributed by atoms with Gasteiger partial charge in [-0.1, -0.05) is 4.80 Å². The quantitative estimate of drug-likeness (QED) is 0.634. The van der Waals surface area contributed by atoms with E-state index in [0.717, 1.165) is 10.5 Å². The third kappa shape index (κ3) is 4.16. The van der Waals surface area contributed by atoms with Crippen LogP contribution in [0.25, 0.3) is 11.4 Å². The van der Waals surface area contributed by atoms with Crippen molar-refractivity contribution in [2.75, 3.05) is 6.54 Å². The molecule has 0 aromatic carbocycles. The van der Waals surface area contributed by atoms with Crippen LogP contribution in [0.15, 0.2) is 24.5 Å². The summed E-state index contributed by atoms with van der Waals surface area (Å²) in [5, 5.41) is 19.5. The Morgan fingerprint density at radius 2 is 2.22 bits per heavy atom. The predicted molar refractivity (Wildman–Crippen MR) is 82.7 cm³/mol. The van der Waals surface area contributed by atoms with E-state index in [2.05, 4.69) is 15.5 Å². The number of unbranched alkanes of at least 4 members (excludes halogenated alkanes) is 1. The lowest BCUT2D eigenvalue weighted by Crippen LogP contribution is -2.43. The molecule has 124 valence electrons. The number of aromatic nitrogens is 4. The van der Waals surface area contributed by atoms with E-state index in [1.54, 1.807) is 0 Å². The fourth-order valence-corrected chi connectivity index (χ4v) is 2.16. The first kappa shape index (κ1) is 16.7. The highest BCUT2D eigenvalue weighted by atomic mass is 16.4. The molecule has 0 aliphatic heterocycles. The number of nitrogens with zero attached hydrogens (tertiary/aromatic N) is 4. The molecule has 23 heavy (non-hydrogen) atoms. The van der Waals surface area contributed by atoms with Gasteiger partial charge in [-0.05, 0) is 37.9 Å².